The number of amides is 1. The molecule has 1 aromatic rings. The van der Waals surface area contributed by atoms with Crippen molar-refractivity contribution in [3.05, 3.63) is 59.3 Å². The first-order chi connectivity index (χ1) is 13.0. The highest BCUT2D eigenvalue weighted by atomic mass is 32.2. The molecule has 0 bridgehead atoms. The quantitative estimate of drug-likeness (QED) is 0.530. The summed E-state index contributed by atoms with van der Waals surface area (Å²) in [6.07, 6.45) is 1.52. The van der Waals surface area contributed by atoms with Crippen LogP contribution in [0.5, 0.6) is 0 Å². The zero-order valence-electron chi connectivity index (χ0n) is 15.7. The number of allylic oxidation sites excluding steroid dienone is 1. The standard InChI is InChI=1S/C20H25N3O3S/c1-5-10-27-20-22-17-16(18(24)23-20)15(13-9-7-6-8-11(13)2)14(12(3)21-17)19(25)26-4/h5-9,15-17,20-22H,1,10H2,2-4H3,(H,23,24). The van der Waals surface area contributed by atoms with E-state index in [2.05, 4.69) is 22.5 Å². The second-order valence-electron chi connectivity index (χ2n) is 6.69. The Kier molecular flexibility index (Phi) is 5.92. The van der Waals surface area contributed by atoms with Gasteiger partial charge in [-0.2, -0.15) is 0 Å². The number of ether oxygens (including phenoxy) is 1. The van der Waals surface area contributed by atoms with E-state index in [1.165, 1.54) is 7.11 Å². The maximum absolute atomic E-state index is 13.1. The average molecular weight is 388 g/mol. The van der Waals surface area contributed by atoms with Gasteiger partial charge in [0.25, 0.3) is 0 Å². The van der Waals surface area contributed by atoms with E-state index in [1.807, 2.05) is 38.1 Å². The van der Waals surface area contributed by atoms with Crippen LogP contribution in [0.1, 0.15) is 24.0 Å². The smallest absolute Gasteiger partial charge is 0.336 e. The molecule has 0 saturated carbocycles. The molecule has 0 radical (unpaired) electrons. The number of aryl methyl sites for hydroxylation is 1. The van der Waals surface area contributed by atoms with Crippen molar-refractivity contribution in [1.29, 1.82) is 0 Å². The Bertz CT molecular complexity index is 792. The van der Waals surface area contributed by atoms with E-state index in [-0.39, 0.29) is 23.5 Å². The highest BCUT2D eigenvalue weighted by Gasteiger charge is 2.48. The maximum atomic E-state index is 13.1. The summed E-state index contributed by atoms with van der Waals surface area (Å²) in [5.41, 5.74) is 3.01. The van der Waals surface area contributed by atoms with E-state index in [0.717, 1.165) is 22.6 Å². The minimum Gasteiger partial charge on any atom is -0.466 e. The van der Waals surface area contributed by atoms with Gasteiger partial charge >= 0.3 is 5.97 Å². The van der Waals surface area contributed by atoms with Crippen LogP contribution in [0.25, 0.3) is 0 Å². The minimum atomic E-state index is -0.468. The van der Waals surface area contributed by atoms with E-state index < -0.39 is 11.9 Å². The van der Waals surface area contributed by atoms with Crippen molar-refractivity contribution in [2.24, 2.45) is 5.92 Å². The van der Waals surface area contributed by atoms with Crippen molar-refractivity contribution in [3.8, 4) is 0 Å². The van der Waals surface area contributed by atoms with Crippen molar-refractivity contribution in [2.45, 2.75) is 31.4 Å². The number of nitrogens with one attached hydrogen (secondary N) is 3. The van der Waals surface area contributed by atoms with Crippen LogP contribution in [0.2, 0.25) is 0 Å². The largest absolute Gasteiger partial charge is 0.466 e. The second kappa shape index (κ2) is 8.19. The SMILES string of the molecule is C=CCSC1NC(=O)C2C(NC(C)=C(C(=O)OC)C2c2ccccc2C)N1. The second-order valence-corrected chi connectivity index (χ2v) is 7.83. The molecule has 1 saturated heterocycles. The molecular formula is C20H25N3O3S. The van der Waals surface area contributed by atoms with Crippen molar-refractivity contribution in [3.63, 3.8) is 0 Å². The van der Waals surface area contributed by atoms with Gasteiger partial charge in [0.05, 0.1) is 24.8 Å². The molecule has 0 aromatic heterocycles. The lowest BCUT2D eigenvalue weighted by atomic mass is 9.73. The zero-order chi connectivity index (χ0) is 19.6. The van der Waals surface area contributed by atoms with Crippen LogP contribution in [-0.2, 0) is 14.3 Å². The lowest BCUT2D eigenvalue weighted by Gasteiger charge is -2.45. The third kappa shape index (κ3) is 3.75. The van der Waals surface area contributed by atoms with Crippen LogP contribution >= 0.6 is 11.8 Å². The summed E-state index contributed by atoms with van der Waals surface area (Å²) in [7, 11) is 1.37. The third-order valence-corrected chi connectivity index (χ3v) is 6.04. The topological polar surface area (TPSA) is 79.5 Å². The Labute approximate surface area is 163 Å². The molecule has 1 fully saturated rings. The maximum Gasteiger partial charge on any atom is 0.336 e. The summed E-state index contributed by atoms with van der Waals surface area (Å²) in [6.45, 7) is 7.57. The fraction of sp³-hybridized carbons (Fsp3) is 0.400. The van der Waals surface area contributed by atoms with E-state index in [9.17, 15) is 9.59 Å². The summed E-state index contributed by atoms with van der Waals surface area (Å²) >= 11 is 1.56. The van der Waals surface area contributed by atoms with Crippen LogP contribution < -0.4 is 16.0 Å². The van der Waals surface area contributed by atoms with Crippen LogP contribution in [0, 0.1) is 12.8 Å². The minimum absolute atomic E-state index is 0.0880. The number of carbonyl (C=O) groups is 2. The Morgan fingerprint density at radius 3 is 2.70 bits per heavy atom. The molecule has 3 rings (SSSR count). The van der Waals surface area contributed by atoms with Gasteiger partial charge in [0.1, 0.15) is 5.50 Å². The first kappa shape index (κ1) is 19.5. The number of hydrogen-bond acceptors (Lipinski definition) is 6. The fourth-order valence-electron chi connectivity index (χ4n) is 3.81. The summed E-state index contributed by atoms with van der Waals surface area (Å²) < 4.78 is 5.04. The highest BCUT2D eigenvalue weighted by Crippen LogP contribution is 2.41. The van der Waals surface area contributed by atoms with Gasteiger partial charge in [-0.3, -0.25) is 10.1 Å². The summed E-state index contributed by atoms with van der Waals surface area (Å²) in [5, 5.41) is 9.75. The number of methoxy groups -OCH3 is 1. The predicted molar refractivity (Wildman–Crippen MR) is 107 cm³/mol. The predicted octanol–water partition coefficient (Wildman–Crippen LogP) is 1.99. The van der Waals surface area contributed by atoms with Crippen molar-refractivity contribution in [2.75, 3.05) is 12.9 Å². The zero-order valence-corrected chi connectivity index (χ0v) is 16.6. The summed E-state index contributed by atoms with van der Waals surface area (Å²) in [6, 6.07) is 7.85. The van der Waals surface area contributed by atoms with E-state index >= 15 is 0 Å². The normalized spacial score (nSPS) is 27.3. The molecule has 144 valence electrons. The average Bonchev–Trinajstić information content (AvgIpc) is 2.65. The van der Waals surface area contributed by atoms with Crippen molar-refractivity contribution < 1.29 is 14.3 Å². The fourth-order valence-corrected chi connectivity index (χ4v) is 4.58. The highest BCUT2D eigenvalue weighted by molar-refractivity contribution is 7.99. The molecule has 3 N–H and O–H groups in total. The molecule has 2 aliphatic heterocycles. The van der Waals surface area contributed by atoms with Crippen LogP contribution in [0.15, 0.2) is 48.2 Å². The lowest BCUT2D eigenvalue weighted by molar-refractivity contribution is -0.137. The molecule has 7 heteroatoms. The molecular weight excluding hydrogens is 362 g/mol. The number of thioether (sulfide) groups is 1. The van der Waals surface area contributed by atoms with Crippen LogP contribution in [0.3, 0.4) is 0 Å². The van der Waals surface area contributed by atoms with Gasteiger partial charge in [-0.05, 0) is 25.0 Å². The molecule has 0 aliphatic carbocycles. The van der Waals surface area contributed by atoms with Gasteiger partial charge in [-0.25, -0.2) is 4.79 Å². The van der Waals surface area contributed by atoms with Gasteiger partial charge in [0.15, 0.2) is 0 Å². The molecule has 1 aromatic carbocycles. The molecule has 27 heavy (non-hydrogen) atoms. The molecule has 1 amide bonds. The molecule has 0 spiro atoms. The molecule has 4 atom stereocenters. The number of fused-ring (bicyclic) bond motifs is 1. The first-order valence-corrected chi connectivity index (χ1v) is 9.92. The van der Waals surface area contributed by atoms with Crippen molar-refractivity contribution in [1.82, 2.24) is 16.0 Å². The van der Waals surface area contributed by atoms with Gasteiger partial charge in [-0.15, -0.1) is 18.3 Å². The van der Waals surface area contributed by atoms with Crippen LogP contribution in [0.4, 0.5) is 0 Å². The molecule has 4 unspecified atom stereocenters. The van der Waals surface area contributed by atoms with Crippen molar-refractivity contribution >= 4 is 23.6 Å². The number of rotatable bonds is 5. The Morgan fingerprint density at radius 2 is 2.04 bits per heavy atom. The van der Waals surface area contributed by atoms with Gasteiger partial charge < -0.3 is 15.4 Å². The number of carbonyl (C=O) groups excluding carboxylic acids is 2. The summed E-state index contributed by atoms with van der Waals surface area (Å²) in [4.78, 5) is 25.6. The Hall–Kier alpha value is -2.25. The monoisotopic (exact) mass is 387 g/mol. The first-order valence-electron chi connectivity index (χ1n) is 8.88. The molecule has 2 heterocycles. The third-order valence-electron chi connectivity index (χ3n) is 5.02. The van der Waals surface area contributed by atoms with E-state index in [4.69, 9.17) is 4.74 Å². The number of esters is 1. The Balaban J connectivity index is 2.05. The van der Waals surface area contributed by atoms with Gasteiger partial charge in [0.2, 0.25) is 5.91 Å². The summed E-state index contributed by atoms with van der Waals surface area (Å²) in [5.74, 6) is -0.636. The van der Waals surface area contributed by atoms with Gasteiger partial charge in [0, 0.05) is 17.4 Å². The molecule has 6 nitrogen and oxygen atoms in total. The Morgan fingerprint density at radius 1 is 1.30 bits per heavy atom. The van der Waals surface area contributed by atoms with Gasteiger partial charge in [-0.1, -0.05) is 30.3 Å². The molecule has 2 aliphatic rings. The van der Waals surface area contributed by atoms with E-state index in [1.54, 1.807) is 17.8 Å². The number of benzene rings is 1. The number of hydrogen-bond donors (Lipinski definition) is 3. The lowest BCUT2D eigenvalue weighted by Crippen LogP contribution is -2.67. The van der Waals surface area contributed by atoms with Crippen LogP contribution in [-0.4, -0.2) is 36.4 Å². The van der Waals surface area contributed by atoms with E-state index in [0.29, 0.717) is 5.57 Å².